The highest BCUT2D eigenvalue weighted by Crippen LogP contribution is 2.21. The van der Waals surface area contributed by atoms with Gasteiger partial charge >= 0.3 is 0 Å². The van der Waals surface area contributed by atoms with Crippen molar-refractivity contribution in [3.63, 3.8) is 0 Å². The molecule has 0 bridgehead atoms. The number of unbranched alkanes of at least 4 members (excludes halogenated alkanes) is 1. The van der Waals surface area contributed by atoms with Gasteiger partial charge in [-0.15, -0.1) is 0 Å². The van der Waals surface area contributed by atoms with Crippen LogP contribution in [0.5, 0.6) is 5.75 Å². The second-order valence-corrected chi connectivity index (χ2v) is 5.50. The van der Waals surface area contributed by atoms with Crippen LogP contribution >= 0.6 is 11.6 Å². The SMILES string of the molecule is Cc1cc(Cl)ccc1OCCCCNCC(C)C. The van der Waals surface area contributed by atoms with Gasteiger partial charge in [-0.1, -0.05) is 25.4 Å². The fourth-order valence-corrected chi connectivity index (χ4v) is 1.93. The number of hydrogen-bond acceptors (Lipinski definition) is 2. The fourth-order valence-electron chi connectivity index (χ4n) is 1.70. The van der Waals surface area contributed by atoms with E-state index in [-0.39, 0.29) is 0 Å². The summed E-state index contributed by atoms with van der Waals surface area (Å²) < 4.78 is 5.73. The van der Waals surface area contributed by atoms with Crippen molar-refractivity contribution in [3.05, 3.63) is 28.8 Å². The van der Waals surface area contributed by atoms with E-state index in [1.165, 1.54) is 0 Å². The molecule has 0 spiro atoms. The molecule has 0 aromatic heterocycles. The molecule has 3 heteroatoms. The van der Waals surface area contributed by atoms with Crippen molar-refractivity contribution >= 4 is 11.6 Å². The second-order valence-electron chi connectivity index (χ2n) is 5.06. The van der Waals surface area contributed by atoms with Gasteiger partial charge in [0.05, 0.1) is 6.61 Å². The molecule has 0 aliphatic rings. The third-order valence-corrected chi connectivity index (χ3v) is 2.93. The second kappa shape index (κ2) is 8.39. The van der Waals surface area contributed by atoms with Crippen LogP contribution in [0.2, 0.25) is 5.02 Å². The number of benzene rings is 1. The molecule has 1 aromatic rings. The van der Waals surface area contributed by atoms with E-state index in [0.717, 1.165) is 54.8 Å². The number of nitrogens with one attached hydrogen (secondary N) is 1. The van der Waals surface area contributed by atoms with Crippen LogP contribution in [0.3, 0.4) is 0 Å². The first-order valence-corrected chi connectivity index (χ1v) is 7.07. The predicted octanol–water partition coefficient (Wildman–Crippen LogP) is 4.05. The number of rotatable bonds is 8. The average Bonchev–Trinajstić information content (AvgIpc) is 2.30. The van der Waals surface area contributed by atoms with Gasteiger partial charge in [-0.3, -0.25) is 0 Å². The highest BCUT2D eigenvalue weighted by Gasteiger charge is 2.00. The standard InChI is InChI=1S/C15H24ClNO/c1-12(2)11-17-8-4-5-9-18-15-7-6-14(16)10-13(15)3/h6-7,10,12,17H,4-5,8-9,11H2,1-3H3. The molecule has 0 atom stereocenters. The van der Waals surface area contributed by atoms with Gasteiger partial charge < -0.3 is 10.1 Å². The van der Waals surface area contributed by atoms with Crippen LogP contribution in [0.4, 0.5) is 0 Å². The summed E-state index contributed by atoms with van der Waals surface area (Å²) in [7, 11) is 0. The quantitative estimate of drug-likeness (QED) is 0.719. The Morgan fingerprint density at radius 2 is 2.06 bits per heavy atom. The topological polar surface area (TPSA) is 21.3 Å². The van der Waals surface area contributed by atoms with Gasteiger partial charge in [0, 0.05) is 5.02 Å². The van der Waals surface area contributed by atoms with Gasteiger partial charge in [-0.2, -0.15) is 0 Å². The Kier molecular flexibility index (Phi) is 7.14. The van der Waals surface area contributed by atoms with Crippen molar-refractivity contribution in [2.24, 2.45) is 5.92 Å². The number of ether oxygens (including phenoxy) is 1. The monoisotopic (exact) mass is 269 g/mol. The molecule has 0 saturated heterocycles. The Hall–Kier alpha value is -0.730. The molecule has 0 radical (unpaired) electrons. The van der Waals surface area contributed by atoms with E-state index in [0.29, 0.717) is 0 Å². The molecule has 0 aliphatic heterocycles. The number of hydrogen-bond donors (Lipinski definition) is 1. The molecule has 1 N–H and O–H groups in total. The summed E-state index contributed by atoms with van der Waals surface area (Å²) in [6.45, 7) is 9.40. The molecule has 18 heavy (non-hydrogen) atoms. The minimum Gasteiger partial charge on any atom is -0.493 e. The van der Waals surface area contributed by atoms with E-state index in [2.05, 4.69) is 19.2 Å². The molecule has 0 saturated carbocycles. The lowest BCUT2D eigenvalue weighted by Gasteiger charge is -2.10. The van der Waals surface area contributed by atoms with E-state index >= 15 is 0 Å². The van der Waals surface area contributed by atoms with Gasteiger partial charge in [0.15, 0.2) is 0 Å². The van der Waals surface area contributed by atoms with Crippen molar-refractivity contribution in [1.82, 2.24) is 5.32 Å². The van der Waals surface area contributed by atoms with Crippen molar-refractivity contribution < 1.29 is 4.74 Å². The van der Waals surface area contributed by atoms with Crippen molar-refractivity contribution in [2.45, 2.75) is 33.6 Å². The zero-order valence-electron chi connectivity index (χ0n) is 11.6. The first kappa shape index (κ1) is 15.3. The van der Waals surface area contributed by atoms with Gasteiger partial charge in [-0.25, -0.2) is 0 Å². The highest BCUT2D eigenvalue weighted by atomic mass is 35.5. The third kappa shape index (κ3) is 6.27. The van der Waals surface area contributed by atoms with Crippen molar-refractivity contribution in [2.75, 3.05) is 19.7 Å². The van der Waals surface area contributed by atoms with E-state index in [4.69, 9.17) is 16.3 Å². The molecule has 0 aliphatic carbocycles. The average molecular weight is 270 g/mol. The van der Waals surface area contributed by atoms with Crippen molar-refractivity contribution in [3.8, 4) is 5.75 Å². The summed E-state index contributed by atoms with van der Waals surface area (Å²) in [5.41, 5.74) is 1.10. The Labute approximate surface area is 116 Å². The molecule has 2 nitrogen and oxygen atoms in total. The molecule has 1 aromatic carbocycles. The maximum Gasteiger partial charge on any atom is 0.122 e. The normalized spacial score (nSPS) is 10.9. The summed E-state index contributed by atoms with van der Waals surface area (Å²) in [4.78, 5) is 0. The third-order valence-electron chi connectivity index (χ3n) is 2.70. The van der Waals surface area contributed by atoms with Gasteiger partial charge in [-0.05, 0) is 62.5 Å². The molecule has 0 unspecified atom stereocenters. The maximum atomic E-state index is 5.90. The predicted molar refractivity (Wildman–Crippen MR) is 78.6 cm³/mol. The Morgan fingerprint density at radius 1 is 1.28 bits per heavy atom. The van der Waals surface area contributed by atoms with Gasteiger partial charge in [0.2, 0.25) is 0 Å². The first-order valence-electron chi connectivity index (χ1n) is 6.69. The largest absolute Gasteiger partial charge is 0.493 e. The van der Waals surface area contributed by atoms with Crippen LogP contribution in [-0.2, 0) is 0 Å². The molecule has 102 valence electrons. The zero-order chi connectivity index (χ0) is 13.4. The maximum absolute atomic E-state index is 5.90. The molecule has 0 heterocycles. The van der Waals surface area contributed by atoms with Crippen molar-refractivity contribution in [1.29, 1.82) is 0 Å². The van der Waals surface area contributed by atoms with E-state index in [9.17, 15) is 0 Å². The molecular weight excluding hydrogens is 246 g/mol. The zero-order valence-corrected chi connectivity index (χ0v) is 12.4. The molecule has 1 rings (SSSR count). The minimum absolute atomic E-state index is 0.720. The summed E-state index contributed by atoms with van der Waals surface area (Å²) in [6.07, 6.45) is 2.23. The summed E-state index contributed by atoms with van der Waals surface area (Å²) in [5.74, 6) is 1.66. The van der Waals surface area contributed by atoms with Gasteiger partial charge in [0.25, 0.3) is 0 Å². The van der Waals surface area contributed by atoms with Crippen LogP contribution in [0.1, 0.15) is 32.3 Å². The summed E-state index contributed by atoms with van der Waals surface area (Å²) >= 11 is 5.90. The van der Waals surface area contributed by atoms with Crippen LogP contribution in [0.15, 0.2) is 18.2 Å². The molecule has 0 amide bonds. The van der Waals surface area contributed by atoms with E-state index in [1.807, 2.05) is 25.1 Å². The lowest BCUT2D eigenvalue weighted by Crippen LogP contribution is -2.21. The Morgan fingerprint density at radius 3 is 2.72 bits per heavy atom. The number of aryl methyl sites for hydroxylation is 1. The lowest BCUT2D eigenvalue weighted by molar-refractivity contribution is 0.303. The van der Waals surface area contributed by atoms with Crippen LogP contribution in [0.25, 0.3) is 0 Å². The van der Waals surface area contributed by atoms with Crippen LogP contribution < -0.4 is 10.1 Å². The first-order chi connectivity index (χ1) is 8.59. The fraction of sp³-hybridized carbons (Fsp3) is 0.600. The van der Waals surface area contributed by atoms with Gasteiger partial charge in [0.1, 0.15) is 5.75 Å². The number of halogens is 1. The Bertz CT molecular complexity index is 352. The lowest BCUT2D eigenvalue weighted by atomic mass is 10.2. The molecule has 0 fully saturated rings. The van der Waals surface area contributed by atoms with E-state index in [1.54, 1.807) is 0 Å². The summed E-state index contributed by atoms with van der Waals surface area (Å²) in [6, 6.07) is 5.74. The van der Waals surface area contributed by atoms with E-state index < -0.39 is 0 Å². The molecular formula is C15H24ClNO. The van der Waals surface area contributed by atoms with Crippen LogP contribution in [-0.4, -0.2) is 19.7 Å². The minimum atomic E-state index is 0.720. The Balaban J connectivity index is 2.11. The van der Waals surface area contributed by atoms with Crippen LogP contribution in [0, 0.1) is 12.8 Å². The highest BCUT2D eigenvalue weighted by molar-refractivity contribution is 6.30. The summed E-state index contributed by atoms with van der Waals surface area (Å²) in [5, 5.41) is 4.19. The smallest absolute Gasteiger partial charge is 0.122 e.